The van der Waals surface area contributed by atoms with Gasteiger partial charge in [-0.2, -0.15) is 4.98 Å². The van der Waals surface area contributed by atoms with Crippen molar-refractivity contribution in [1.29, 1.82) is 0 Å². The first-order chi connectivity index (χ1) is 15.2. The normalized spacial score (nSPS) is 13.3. The van der Waals surface area contributed by atoms with E-state index >= 15 is 0 Å². The Morgan fingerprint density at radius 1 is 1.10 bits per heavy atom. The minimum atomic E-state index is 0.0844. The number of aromatic nitrogens is 2. The number of nitrogens with zero attached hydrogens (tertiary/aromatic N) is 2. The van der Waals surface area contributed by atoms with Gasteiger partial charge in [0, 0.05) is 29.7 Å². The first-order valence-electron chi connectivity index (χ1n) is 10.1. The summed E-state index contributed by atoms with van der Waals surface area (Å²) in [5.74, 6) is 1.95. The number of hydrogen-bond donors (Lipinski definition) is 1. The van der Waals surface area contributed by atoms with Crippen molar-refractivity contribution in [2.45, 2.75) is 19.4 Å². The van der Waals surface area contributed by atoms with E-state index in [0.29, 0.717) is 24.1 Å². The molecule has 0 unspecified atom stereocenters. The van der Waals surface area contributed by atoms with E-state index in [1.54, 1.807) is 18.4 Å². The Morgan fingerprint density at radius 3 is 2.58 bits per heavy atom. The van der Waals surface area contributed by atoms with Crippen LogP contribution in [0.25, 0.3) is 21.3 Å². The van der Waals surface area contributed by atoms with E-state index in [1.807, 2.05) is 42.5 Å². The number of ether oxygens (including phenoxy) is 2. The number of fused-ring (bicyclic) bond motifs is 1. The summed E-state index contributed by atoms with van der Waals surface area (Å²) in [7, 11) is 1.62. The van der Waals surface area contributed by atoms with Gasteiger partial charge in [0.25, 0.3) is 0 Å². The summed E-state index contributed by atoms with van der Waals surface area (Å²) >= 11 is 1.56. The van der Waals surface area contributed by atoms with Gasteiger partial charge in [-0.1, -0.05) is 30.3 Å². The van der Waals surface area contributed by atoms with E-state index < -0.39 is 0 Å². The van der Waals surface area contributed by atoms with Gasteiger partial charge in [-0.25, -0.2) is 4.98 Å². The van der Waals surface area contributed by atoms with Crippen LogP contribution in [0.5, 0.6) is 11.6 Å². The summed E-state index contributed by atoms with van der Waals surface area (Å²) in [5, 5.41) is 5.90. The number of nitrogens with one attached hydrogen (secondary N) is 1. The molecule has 1 N–H and O–H groups in total. The number of methoxy groups -OCH3 is 1. The summed E-state index contributed by atoms with van der Waals surface area (Å²) in [6.45, 7) is 0.303. The fourth-order valence-corrected chi connectivity index (χ4v) is 4.31. The highest BCUT2D eigenvalue weighted by Crippen LogP contribution is 2.39. The summed E-state index contributed by atoms with van der Waals surface area (Å²) in [5.41, 5.74) is 2.88. The number of thiophene rings is 1. The SMILES string of the molecule is COCc1nc(Oc2ccc(NC(=O)C3CC3)cc2)c2c(-c3ccccc3)csc2n1. The minimum absolute atomic E-state index is 0.0844. The molecule has 0 bridgehead atoms. The highest BCUT2D eigenvalue weighted by atomic mass is 32.1. The zero-order chi connectivity index (χ0) is 21.2. The molecule has 0 atom stereocenters. The number of hydrogen-bond acceptors (Lipinski definition) is 6. The van der Waals surface area contributed by atoms with Gasteiger partial charge in [0.05, 0.1) is 5.39 Å². The summed E-state index contributed by atoms with van der Waals surface area (Å²) in [6.07, 6.45) is 1.95. The lowest BCUT2D eigenvalue weighted by Gasteiger charge is -2.11. The Balaban J connectivity index is 1.48. The third-order valence-corrected chi connectivity index (χ3v) is 5.96. The number of carbonyl (C=O) groups is 1. The summed E-state index contributed by atoms with van der Waals surface area (Å²) < 4.78 is 11.4. The first-order valence-corrected chi connectivity index (χ1v) is 11.0. The van der Waals surface area contributed by atoms with Gasteiger partial charge < -0.3 is 14.8 Å². The minimum Gasteiger partial charge on any atom is -0.438 e. The van der Waals surface area contributed by atoms with Crippen molar-refractivity contribution in [3.8, 4) is 22.8 Å². The molecule has 2 aromatic carbocycles. The predicted molar refractivity (Wildman–Crippen MR) is 121 cm³/mol. The van der Waals surface area contributed by atoms with Crippen molar-refractivity contribution in [2.75, 3.05) is 12.4 Å². The Bertz CT molecular complexity index is 1220. The van der Waals surface area contributed by atoms with Crippen LogP contribution in [0, 0.1) is 5.92 Å². The van der Waals surface area contributed by atoms with Crippen molar-refractivity contribution in [1.82, 2.24) is 9.97 Å². The lowest BCUT2D eigenvalue weighted by atomic mass is 10.1. The molecular weight excluding hydrogens is 410 g/mol. The predicted octanol–water partition coefficient (Wildman–Crippen LogP) is 5.65. The van der Waals surface area contributed by atoms with E-state index in [1.165, 1.54) is 0 Å². The molecule has 7 heteroatoms. The second kappa shape index (κ2) is 8.45. The van der Waals surface area contributed by atoms with E-state index in [2.05, 4.69) is 32.8 Å². The number of benzene rings is 2. The topological polar surface area (TPSA) is 73.3 Å². The fourth-order valence-electron chi connectivity index (χ4n) is 3.36. The number of carbonyl (C=O) groups excluding carboxylic acids is 1. The number of anilines is 1. The standard InChI is InChI=1S/C24H21N3O3S/c1-29-13-20-26-23(21-19(14-31-24(21)27-20)15-5-3-2-4-6-15)30-18-11-9-17(10-12-18)25-22(28)16-7-8-16/h2-6,9-12,14,16H,7-8,13H2,1H3,(H,25,28). The summed E-state index contributed by atoms with van der Waals surface area (Å²) in [6, 6.07) is 17.5. The van der Waals surface area contributed by atoms with Gasteiger partial charge in [-0.3, -0.25) is 4.79 Å². The third-order valence-electron chi connectivity index (χ3n) is 5.09. The largest absolute Gasteiger partial charge is 0.438 e. The van der Waals surface area contributed by atoms with Gasteiger partial charge in [0.15, 0.2) is 5.82 Å². The quantitative estimate of drug-likeness (QED) is 0.410. The van der Waals surface area contributed by atoms with Crippen LogP contribution in [-0.4, -0.2) is 23.0 Å². The molecule has 6 nitrogen and oxygen atoms in total. The molecule has 5 rings (SSSR count). The van der Waals surface area contributed by atoms with Gasteiger partial charge in [-0.05, 0) is 42.7 Å². The van der Waals surface area contributed by atoms with E-state index in [0.717, 1.165) is 39.9 Å². The highest BCUT2D eigenvalue weighted by Gasteiger charge is 2.29. The van der Waals surface area contributed by atoms with Crippen molar-refractivity contribution in [3.05, 3.63) is 65.8 Å². The zero-order valence-corrected chi connectivity index (χ0v) is 17.8. The number of rotatable bonds is 7. The molecule has 156 valence electrons. The molecule has 0 radical (unpaired) electrons. The molecule has 2 heterocycles. The first kappa shape index (κ1) is 19.7. The molecular formula is C24H21N3O3S. The maximum atomic E-state index is 12.0. The monoisotopic (exact) mass is 431 g/mol. The number of amides is 1. The molecule has 31 heavy (non-hydrogen) atoms. The van der Waals surface area contributed by atoms with E-state index in [4.69, 9.17) is 9.47 Å². The molecule has 2 aromatic heterocycles. The van der Waals surface area contributed by atoms with Crippen LogP contribution >= 0.6 is 11.3 Å². The lowest BCUT2D eigenvalue weighted by molar-refractivity contribution is -0.117. The average molecular weight is 432 g/mol. The van der Waals surface area contributed by atoms with Gasteiger partial charge >= 0.3 is 0 Å². The summed E-state index contributed by atoms with van der Waals surface area (Å²) in [4.78, 5) is 22.1. The van der Waals surface area contributed by atoms with Crippen molar-refractivity contribution < 1.29 is 14.3 Å². The molecule has 1 fully saturated rings. The van der Waals surface area contributed by atoms with Gasteiger partial charge in [0.1, 0.15) is 17.2 Å². The van der Waals surface area contributed by atoms with Crippen LogP contribution in [0.2, 0.25) is 0 Å². The molecule has 4 aromatic rings. The van der Waals surface area contributed by atoms with Crippen LogP contribution in [0.1, 0.15) is 18.7 Å². The maximum Gasteiger partial charge on any atom is 0.232 e. The molecule has 0 aliphatic heterocycles. The van der Waals surface area contributed by atoms with Gasteiger partial charge in [0.2, 0.25) is 11.8 Å². The van der Waals surface area contributed by atoms with Gasteiger partial charge in [-0.15, -0.1) is 11.3 Å². The second-order valence-corrected chi connectivity index (χ2v) is 8.32. The van der Waals surface area contributed by atoms with Crippen LogP contribution < -0.4 is 10.1 Å². The second-order valence-electron chi connectivity index (χ2n) is 7.46. The van der Waals surface area contributed by atoms with Crippen LogP contribution in [0.4, 0.5) is 5.69 Å². The van der Waals surface area contributed by atoms with Crippen LogP contribution in [0.3, 0.4) is 0 Å². The average Bonchev–Trinajstić information content (AvgIpc) is 3.56. The smallest absolute Gasteiger partial charge is 0.232 e. The van der Waals surface area contributed by atoms with E-state index in [-0.39, 0.29) is 11.8 Å². The van der Waals surface area contributed by atoms with E-state index in [9.17, 15) is 4.79 Å². The van der Waals surface area contributed by atoms with Crippen molar-refractivity contribution in [2.24, 2.45) is 5.92 Å². The highest BCUT2D eigenvalue weighted by molar-refractivity contribution is 7.17. The van der Waals surface area contributed by atoms with Crippen LogP contribution in [0.15, 0.2) is 60.0 Å². The zero-order valence-electron chi connectivity index (χ0n) is 17.0. The van der Waals surface area contributed by atoms with Crippen molar-refractivity contribution >= 4 is 33.1 Å². The lowest BCUT2D eigenvalue weighted by Crippen LogP contribution is -2.12. The Morgan fingerprint density at radius 2 is 1.87 bits per heavy atom. The Kier molecular flexibility index (Phi) is 5.36. The Labute approximate surface area is 183 Å². The molecule has 0 saturated heterocycles. The third kappa shape index (κ3) is 4.28. The Hall–Kier alpha value is -3.29. The fraction of sp³-hybridized carbons (Fsp3) is 0.208. The van der Waals surface area contributed by atoms with Crippen LogP contribution in [-0.2, 0) is 16.1 Å². The molecule has 1 aliphatic carbocycles. The molecule has 1 aliphatic rings. The van der Waals surface area contributed by atoms with Crippen molar-refractivity contribution in [3.63, 3.8) is 0 Å². The molecule has 1 amide bonds. The molecule has 0 spiro atoms. The maximum absolute atomic E-state index is 12.0. The molecule has 1 saturated carbocycles.